The second-order valence-corrected chi connectivity index (χ2v) is 5.39. The number of hydrogen-bond donors (Lipinski definition) is 0. The molecule has 0 saturated carbocycles. The SMILES string of the molecule is O=C1C=CC(Br)=C2C1=Cc1cccc(Br)c12. The molecule has 0 N–H and O–H groups in total. The maximum absolute atomic E-state index is 11.8. The van der Waals surface area contributed by atoms with Crippen molar-refractivity contribution in [2.45, 2.75) is 0 Å². The van der Waals surface area contributed by atoms with Crippen LogP contribution in [0.15, 0.2) is 44.9 Å². The molecule has 1 nitrogen and oxygen atoms in total. The summed E-state index contributed by atoms with van der Waals surface area (Å²) in [4.78, 5) is 11.8. The Kier molecular flexibility index (Phi) is 2.26. The third-order valence-corrected chi connectivity index (χ3v) is 4.07. The Balaban J connectivity index is 2.37. The Hall–Kier alpha value is -0.930. The van der Waals surface area contributed by atoms with Gasteiger partial charge in [0.2, 0.25) is 0 Å². The molecule has 1 aromatic rings. The number of allylic oxidation sites excluding steroid dienone is 5. The van der Waals surface area contributed by atoms with Gasteiger partial charge in [0.1, 0.15) is 0 Å². The molecule has 0 unspecified atom stereocenters. The number of fused-ring (bicyclic) bond motifs is 3. The summed E-state index contributed by atoms with van der Waals surface area (Å²) >= 11 is 7.04. The van der Waals surface area contributed by atoms with Gasteiger partial charge in [-0.2, -0.15) is 0 Å². The Morgan fingerprint density at radius 2 is 1.88 bits per heavy atom. The van der Waals surface area contributed by atoms with Gasteiger partial charge in [-0.1, -0.05) is 44.0 Å². The summed E-state index contributed by atoms with van der Waals surface area (Å²) in [6, 6.07) is 5.99. The first-order valence-corrected chi connectivity index (χ1v) is 6.40. The number of ketones is 1. The quantitative estimate of drug-likeness (QED) is 0.696. The van der Waals surface area contributed by atoms with Crippen molar-refractivity contribution < 1.29 is 4.79 Å². The van der Waals surface area contributed by atoms with E-state index in [9.17, 15) is 4.79 Å². The fraction of sp³-hybridized carbons (Fsp3) is 0. The second-order valence-electron chi connectivity index (χ2n) is 3.68. The maximum Gasteiger partial charge on any atom is 0.186 e. The summed E-state index contributed by atoms with van der Waals surface area (Å²) in [5, 5.41) is 0. The highest BCUT2D eigenvalue weighted by Crippen LogP contribution is 2.45. The lowest BCUT2D eigenvalue weighted by Gasteiger charge is -2.12. The van der Waals surface area contributed by atoms with Crippen LogP contribution in [0.2, 0.25) is 0 Å². The molecule has 0 spiro atoms. The zero-order chi connectivity index (χ0) is 11.3. The van der Waals surface area contributed by atoms with Gasteiger partial charge in [-0.3, -0.25) is 4.79 Å². The zero-order valence-corrected chi connectivity index (χ0v) is 11.3. The predicted octanol–water partition coefficient (Wildman–Crippen LogP) is 4.09. The predicted molar refractivity (Wildman–Crippen MR) is 72.1 cm³/mol. The molecule has 3 rings (SSSR count). The molecule has 0 aliphatic heterocycles. The van der Waals surface area contributed by atoms with Crippen LogP contribution in [0.4, 0.5) is 0 Å². The Labute approximate surface area is 110 Å². The fourth-order valence-electron chi connectivity index (χ4n) is 2.05. The number of rotatable bonds is 0. The molecule has 3 heteroatoms. The van der Waals surface area contributed by atoms with Crippen molar-refractivity contribution in [3.05, 3.63) is 56.0 Å². The second kappa shape index (κ2) is 3.54. The van der Waals surface area contributed by atoms with Gasteiger partial charge >= 0.3 is 0 Å². The van der Waals surface area contributed by atoms with E-state index in [0.29, 0.717) is 0 Å². The average Bonchev–Trinajstić information content (AvgIpc) is 2.65. The van der Waals surface area contributed by atoms with Crippen molar-refractivity contribution in [3.63, 3.8) is 0 Å². The molecule has 0 amide bonds. The number of carbonyl (C=O) groups is 1. The average molecular weight is 338 g/mol. The van der Waals surface area contributed by atoms with E-state index in [0.717, 1.165) is 31.2 Å². The normalized spacial score (nSPS) is 17.4. The van der Waals surface area contributed by atoms with Crippen molar-refractivity contribution in [2.75, 3.05) is 0 Å². The summed E-state index contributed by atoms with van der Waals surface area (Å²) < 4.78 is 1.98. The van der Waals surface area contributed by atoms with Gasteiger partial charge in [0.15, 0.2) is 5.78 Å². The van der Waals surface area contributed by atoms with Crippen LogP contribution in [0.5, 0.6) is 0 Å². The molecule has 0 saturated heterocycles. The summed E-state index contributed by atoms with van der Waals surface area (Å²) in [7, 11) is 0. The van der Waals surface area contributed by atoms with E-state index in [1.165, 1.54) is 0 Å². The standard InChI is InChI=1S/C13H6Br2O/c14-9-3-1-2-7-6-8-11(16)5-4-10(15)13(8)12(7)9/h1-6H. The lowest BCUT2D eigenvalue weighted by atomic mass is 9.96. The molecule has 16 heavy (non-hydrogen) atoms. The topological polar surface area (TPSA) is 17.1 Å². The van der Waals surface area contributed by atoms with E-state index in [1.54, 1.807) is 6.08 Å². The third-order valence-electron chi connectivity index (χ3n) is 2.75. The highest BCUT2D eigenvalue weighted by Gasteiger charge is 2.28. The van der Waals surface area contributed by atoms with Gasteiger partial charge in [-0.05, 0) is 29.9 Å². The van der Waals surface area contributed by atoms with Gasteiger partial charge in [0, 0.05) is 25.7 Å². The lowest BCUT2D eigenvalue weighted by Crippen LogP contribution is -2.03. The minimum Gasteiger partial charge on any atom is -0.289 e. The van der Waals surface area contributed by atoms with E-state index < -0.39 is 0 Å². The highest BCUT2D eigenvalue weighted by molar-refractivity contribution is 9.12. The zero-order valence-electron chi connectivity index (χ0n) is 8.13. The Morgan fingerprint density at radius 3 is 2.69 bits per heavy atom. The molecular formula is C13H6Br2O. The van der Waals surface area contributed by atoms with Crippen LogP contribution in [0.1, 0.15) is 11.1 Å². The van der Waals surface area contributed by atoms with Crippen LogP contribution >= 0.6 is 31.9 Å². The molecule has 0 atom stereocenters. The third kappa shape index (κ3) is 1.31. The van der Waals surface area contributed by atoms with Gasteiger partial charge in [-0.25, -0.2) is 0 Å². The van der Waals surface area contributed by atoms with Crippen molar-refractivity contribution in [1.82, 2.24) is 0 Å². The molecular weight excluding hydrogens is 332 g/mol. The monoisotopic (exact) mass is 336 g/mol. The molecule has 0 fully saturated rings. The number of carbonyl (C=O) groups excluding carboxylic acids is 1. The van der Waals surface area contributed by atoms with Gasteiger partial charge in [0.05, 0.1) is 0 Å². The number of hydrogen-bond acceptors (Lipinski definition) is 1. The molecule has 0 aromatic heterocycles. The lowest BCUT2D eigenvalue weighted by molar-refractivity contribution is -0.110. The first-order valence-electron chi connectivity index (χ1n) is 4.81. The molecule has 2 aliphatic rings. The van der Waals surface area contributed by atoms with Crippen molar-refractivity contribution in [1.29, 1.82) is 0 Å². The fourth-order valence-corrected chi connectivity index (χ4v) is 3.18. The van der Waals surface area contributed by atoms with Crippen LogP contribution in [-0.4, -0.2) is 5.78 Å². The molecule has 0 heterocycles. The van der Waals surface area contributed by atoms with Gasteiger partial charge < -0.3 is 0 Å². The molecule has 78 valence electrons. The van der Waals surface area contributed by atoms with E-state index in [-0.39, 0.29) is 5.78 Å². The first kappa shape index (κ1) is 10.2. The van der Waals surface area contributed by atoms with Crippen LogP contribution in [-0.2, 0) is 4.79 Å². The minimum absolute atomic E-state index is 0.0706. The van der Waals surface area contributed by atoms with E-state index in [4.69, 9.17) is 0 Å². The summed E-state index contributed by atoms with van der Waals surface area (Å²) in [5.74, 6) is 0.0706. The van der Waals surface area contributed by atoms with Crippen LogP contribution in [0, 0.1) is 0 Å². The molecule has 0 radical (unpaired) electrons. The molecule has 0 bridgehead atoms. The first-order chi connectivity index (χ1) is 7.68. The maximum atomic E-state index is 11.8. The summed E-state index contributed by atoms with van der Waals surface area (Å²) in [6.07, 6.45) is 5.35. The molecule has 2 aliphatic carbocycles. The van der Waals surface area contributed by atoms with Crippen molar-refractivity contribution >= 4 is 49.3 Å². The largest absolute Gasteiger partial charge is 0.289 e. The van der Waals surface area contributed by atoms with Crippen LogP contribution < -0.4 is 0 Å². The van der Waals surface area contributed by atoms with E-state index >= 15 is 0 Å². The highest BCUT2D eigenvalue weighted by atomic mass is 79.9. The summed E-state index contributed by atoms with van der Waals surface area (Å²) in [6.45, 7) is 0. The Bertz CT molecular complexity index is 606. The van der Waals surface area contributed by atoms with Gasteiger partial charge in [-0.15, -0.1) is 0 Å². The van der Waals surface area contributed by atoms with Crippen molar-refractivity contribution in [3.8, 4) is 0 Å². The smallest absolute Gasteiger partial charge is 0.186 e. The van der Waals surface area contributed by atoms with Crippen molar-refractivity contribution in [2.24, 2.45) is 0 Å². The molecule has 1 aromatic carbocycles. The number of halogens is 2. The van der Waals surface area contributed by atoms with Crippen LogP contribution in [0.25, 0.3) is 11.6 Å². The Morgan fingerprint density at radius 1 is 1.06 bits per heavy atom. The minimum atomic E-state index is 0.0706. The van der Waals surface area contributed by atoms with Crippen LogP contribution in [0.3, 0.4) is 0 Å². The summed E-state index contributed by atoms with van der Waals surface area (Å²) in [5.41, 5.74) is 3.96. The number of benzene rings is 1. The van der Waals surface area contributed by atoms with Gasteiger partial charge in [0.25, 0.3) is 0 Å². The van der Waals surface area contributed by atoms with E-state index in [1.807, 2.05) is 30.4 Å². The van der Waals surface area contributed by atoms with E-state index in [2.05, 4.69) is 31.9 Å².